The molecule has 0 saturated heterocycles. The van der Waals surface area contributed by atoms with E-state index in [0.717, 1.165) is 12.8 Å². The summed E-state index contributed by atoms with van der Waals surface area (Å²) >= 11 is 0. The van der Waals surface area contributed by atoms with Gasteiger partial charge in [-0.1, -0.05) is 0 Å². The predicted octanol–water partition coefficient (Wildman–Crippen LogP) is 2.30. The minimum Gasteiger partial charge on any atom is -0.325 e. The summed E-state index contributed by atoms with van der Waals surface area (Å²) in [4.78, 5) is 11.6. The smallest absolute Gasteiger partial charge is 0.238 e. The molecule has 0 heterocycles. The first kappa shape index (κ1) is 12.0. The molecular formula is C13H17FN2O. The van der Waals surface area contributed by atoms with Gasteiger partial charge in [0, 0.05) is 11.2 Å². The normalized spacial score (nSPS) is 17.3. The number of anilines is 1. The number of nitrogens with one attached hydrogen (secondary N) is 2. The molecule has 1 aliphatic carbocycles. The Hall–Kier alpha value is -1.42. The fourth-order valence-electron chi connectivity index (χ4n) is 1.92. The lowest BCUT2D eigenvalue weighted by molar-refractivity contribution is -0.115. The predicted molar refractivity (Wildman–Crippen MR) is 65.3 cm³/mol. The second kappa shape index (κ2) is 4.84. The molecule has 4 heteroatoms. The van der Waals surface area contributed by atoms with Gasteiger partial charge in [0.15, 0.2) is 0 Å². The van der Waals surface area contributed by atoms with Gasteiger partial charge in [0.25, 0.3) is 0 Å². The van der Waals surface area contributed by atoms with E-state index < -0.39 is 0 Å². The Morgan fingerprint density at radius 1 is 1.35 bits per heavy atom. The SMILES string of the molecule is CC1(NCC(=O)Nc2ccc(F)cc2)CCC1. The summed E-state index contributed by atoms with van der Waals surface area (Å²) in [5, 5.41) is 5.96. The molecule has 0 aliphatic heterocycles. The third-order valence-electron chi connectivity index (χ3n) is 3.26. The maximum atomic E-state index is 12.7. The van der Waals surface area contributed by atoms with Gasteiger partial charge < -0.3 is 10.6 Å². The fourth-order valence-corrected chi connectivity index (χ4v) is 1.92. The van der Waals surface area contributed by atoms with Crippen LogP contribution in [0, 0.1) is 5.82 Å². The van der Waals surface area contributed by atoms with Crippen molar-refractivity contribution in [2.24, 2.45) is 0 Å². The molecule has 1 fully saturated rings. The Bertz CT molecular complexity index is 398. The molecule has 3 nitrogen and oxygen atoms in total. The molecule has 0 bridgehead atoms. The third kappa shape index (κ3) is 3.27. The van der Waals surface area contributed by atoms with Crippen LogP contribution in [0.2, 0.25) is 0 Å². The first-order valence-corrected chi connectivity index (χ1v) is 5.88. The molecule has 0 spiro atoms. The van der Waals surface area contributed by atoms with Crippen LogP contribution in [0.5, 0.6) is 0 Å². The van der Waals surface area contributed by atoms with E-state index in [4.69, 9.17) is 0 Å². The van der Waals surface area contributed by atoms with Crippen molar-refractivity contribution in [3.8, 4) is 0 Å². The first-order valence-electron chi connectivity index (χ1n) is 5.88. The van der Waals surface area contributed by atoms with Crippen LogP contribution in [0.15, 0.2) is 24.3 Å². The van der Waals surface area contributed by atoms with Crippen LogP contribution in [0.4, 0.5) is 10.1 Å². The number of carbonyl (C=O) groups is 1. The van der Waals surface area contributed by atoms with Gasteiger partial charge in [-0.05, 0) is 50.5 Å². The van der Waals surface area contributed by atoms with Crippen molar-refractivity contribution >= 4 is 11.6 Å². The van der Waals surface area contributed by atoms with Crippen LogP contribution in [0.1, 0.15) is 26.2 Å². The summed E-state index contributed by atoms with van der Waals surface area (Å²) in [6.45, 7) is 2.43. The van der Waals surface area contributed by atoms with Crippen molar-refractivity contribution in [3.63, 3.8) is 0 Å². The Balaban J connectivity index is 1.79. The zero-order chi connectivity index (χ0) is 12.3. The van der Waals surface area contributed by atoms with Crippen LogP contribution in [-0.4, -0.2) is 18.0 Å². The molecule has 1 aromatic carbocycles. The van der Waals surface area contributed by atoms with Gasteiger partial charge in [-0.3, -0.25) is 4.79 Å². The van der Waals surface area contributed by atoms with Crippen molar-refractivity contribution in [2.45, 2.75) is 31.7 Å². The molecule has 2 rings (SSSR count). The van der Waals surface area contributed by atoms with Gasteiger partial charge in [-0.2, -0.15) is 0 Å². The van der Waals surface area contributed by atoms with E-state index in [1.165, 1.54) is 18.6 Å². The van der Waals surface area contributed by atoms with Crippen molar-refractivity contribution < 1.29 is 9.18 Å². The summed E-state index contributed by atoms with van der Waals surface area (Å²) in [6.07, 6.45) is 3.47. The Kier molecular flexibility index (Phi) is 3.43. The molecule has 17 heavy (non-hydrogen) atoms. The van der Waals surface area contributed by atoms with Crippen LogP contribution >= 0.6 is 0 Å². The monoisotopic (exact) mass is 236 g/mol. The largest absolute Gasteiger partial charge is 0.325 e. The van der Waals surface area contributed by atoms with Crippen molar-refractivity contribution in [1.82, 2.24) is 5.32 Å². The molecule has 1 amide bonds. The van der Waals surface area contributed by atoms with Gasteiger partial charge >= 0.3 is 0 Å². The van der Waals surface area contributed by atoms with Gasteiger partial charge in [-0.25, -0.2) is 4.39 Å². The Morgan fingerprint density at radius 3 is 2.53 bits per heavy atom. The van der Waals surface area contributed by atoms with E-state index in [2.05, 4.69) is 17.6 Å². The zero-order valence-electron chi connectivity index (χ0n) is 9.92. The number of hydrogen-bond acceptors (Lipinski definition) is 2. The van der Waals surface area contributed by atoms with Gasteiger partial charge in [-0.15, -0.1) is 0 Å². The lowest BCUT2D eigenvalue weighted by Gasteiger charge is -2.39. The fraction of sp³-hybridized carbons (Fsp3) is 0.462. The van der Waals surface area contributed by atoms with E-state index in [9.17, 15) is 9.18 Å². The highest BCUT2D eigenvalue weighted by molar-refractivity contribution is 5.92. The van der Waals surface area contributed by atoms with E-state index in [1.807, 2.05) is 0 Å². The molecule has 92 valence electrons. The highest BCUT2D eigenvalue weighted by Gasteiger charge is 2.31. The number of amides is 1. The van der Waals surface area contributed by atoms with Gasteiger partial charge in [0.05, 0.1) is 6.54 Å². The summed E-state index contributed by atoms with van der Waals surface area (Å²) < 4.78 is 12.7. The van der Waals surface area contributed by atoms with E-state index in [1.54, 1.807) is 12.1 Å². The standard InChI is InChI=1S/C13H17FN2O/c1-13(7-2-8-13)15-9-12(17)16-11-5-3-10(14)4-6-11/h3-6,15H,2,7-9H2,1H3,(H,16,17). The Labute approximate surface area is 100 Å². The Morgan fingerprint density at radius 2 is 2.00 bits per heavy atom. The highest BCUT2D eigenvalue weighted by Crippen LogP contribution is 2.30. The topological polar surface area (TPSA) is 41.1 Å². The van der Waals surface area contributed by atoms with Gasteiger partial charge in [0.1, 0.15) is 5.82 Å². The molecule has 1 aliphatic rings. The minimum absolute atomic E-state index is 0.0928. The average Bonchev–Trinajstić information content (AvgIpc) is 2.27. The molecule has 2 N–H and O–H groups in total. The van der Waals surface area contributed by atoms with Crippen LogP contribution in [-0.2, 0) is 4.79 Å². The van der Waals surface area contributed by atoms with Crippen molar-refractivity contribution in [2.75, 3.05) is 11.9 Å². The summed E-state index contributed by atoms with van der Waals surface area (Å²) in [7, 11) is 0. The van der Waals surface area contributed by atoms with E-state index in [0.29, 0.717) is 12.2 Å². The lowest BCUT2D eigenvalue weighted by Crippen LogP contribution is -2.50. The molecular weight excluding hydrogens is 219 g/mol. The number of rotatable bonds is 4. The average molecular weight is 236 g/mol. The number of benzene rings is 1. The van der Waals surface area contributed by atoms with Crippen LogP contribution in [0.3, 0.4) is 0 Å². The molecule has 0 radical (unpaired) electrons. The second-order valence-electron chi connectivity index (χ2n) is 4.82. The third-order valence-corrected chi connectivity index (χ3v) is 3.26. The summed E-state index contributed by atoms with van der Waals surface area (Å²) in [5.74, 6) is -0.396. The van der Waals surface area contributed by atoms with Crippen LogP contribution in [0.25, 0.3) is 0 Å². The molecule has 1 saturated carbocycles. The molecule has 1 aromatic rings. The lowest BCUT2D eigenvalue weighted by atomic mass is 9.78. The van der Waals surface area contributed by atoms with E-state index >= 15 is 0 Å². The number of hydrogen-bond donors (Lipinski definition) is 2. The molecule has 0 atom stereocenters. The second-order valence-corrected chi connectivity index (χ2v) is 4.82. The molecule has 0 unspecified atom stereocenters. The zero-order valence-corrected chi connectivity index (χ0v) is 9.92. The molecule has 0 aromatic heterocycles. The maximum Gasteiger partial charge on any atom is 0.238 e. The quantitative estimate of drug-likeness (QED) is 0.842. The van der Waals surface area contributed by atoms with Crippen molar-refractivity contribution in [3.05, 3.63) is 30.1 Å². The van der Waals surface area contributed by atoms with Crippen molar-refractivity contribution in [1.29, 1.82) is 0 Å². The van der Waals surface area contributed by atoms with Gasteiger partial charge in [0.2, 0.25) is 5.91 Å². The maximum absolute atomic E-state index is 12.7. The van der Waals surface area contributed by atoms with E-state index in [-0.39, 0.29) is 17.3 Å². The first-order chi connectivity index (χ1) is 8.07. The highest BCUT2D eigenvalue weighted by atomic mass is 19.1. The summed E-state index contributed by atoms with van der Waals surface area (Å²) in [5.41, 5.74) is 0.747. The number of carbonyl (C=O) groups excluding carboxylic acids is 1. The number of halogens is 1. The van der Waals surface area contributed by atoms with Crippen LogP contribution < -0.4 is 10.6 Å². The minimum atomic E-state index is -0.303. The summed E-state index contributed by atoms with van der Waals surface area (Å²) in [6, 6.07) is 5.77.